The van der Waals surface area contributed by atoms with Gasteiger partial charge in [-0.3, -0.25) is 4.98 Å². The van der Waals surface area contributed by atoms with Gasteiger partial charge in [-0.05, 0) is 62.2 Å². The van der Waals surface area contributed by atoms with E-state index >= 15 is 0 Å². The summed E-state index contributed by atoms with van der Waals surface area (Å²) in [6.45, 7) is 7.39. The quantitative estimate of drug-likeness (QED) is 0.734. The van der Waals surface area contributed by atoms with E-state index in [0.717, 1.165) is 37.8 Å². The molecular formula is C17H28N2O. The SMILES string of the molecule is CCCNCC1CCCC1c1cncc(OCCC)c1. The number of nitrogens with zero attached hydrogens (tertiary/aromatic N) is 1. The van der Waals surface area contributed by atoms with Gasteiger partial charge >= 0.3 is 0 Å². The highest BCUT2D eigenvalue weighted by Gasteiger charge is 2.28. The van der Waals surface area contributed by atoms with Gasteiger partial charge in [0.2, 0.25) is 0 Å². The molecule has 20 heavy (non-hydrogen) atoms. The molecule has 2 rings (SSSR count). The van der Waals surface area contributed by atoms with Gasteiger partial charge in [0, 0.05) is 6.20 Å². The molecule has 3 heteroatoms. The van der Waals surface area contributed by atoms with E-state index in [4.69, 9.17) is 4.74 Å². The maximum atomic E-state index is 5.71. The molecule has 3 nitrogen and oxygen atoms in total. The van der Waals surface area contributed by atoms with Gasteiger partial charge in [-0.2, -0.15) is 0 Å². The monoisotopic (exact) mass is 276 g/mol. The van der Waals surface area contributed by atoms with Gasteiger partial charge in [0.05, 0.1) is 12.8 Å². The minimum Gasteiger partial charge on any atom is -0.492 e. The van der Waals surface area contributed by atoms with E-state index in [2.05, 4.69) is 30.2 Å². The zero-order valence-corrected chi connectivity index (χ0v) is 12.9. The fraction of sp³-hybridized carbons (Fsp3) is 0.706. The second-order valence-electron chi connectivity index (χ2n) is 5.80. The predicted octanol–water partition coefficient (Wildman–Crippen LogP) is 3.75. The lowest BCUT2D eigenvalue weighted by molar-refractivity contribution is 0.315. The molecule has 2 atom stereocenters. The van der Waals surface area contributed by atoms with Crippen LogP contribution in [0.1, 0.15) is 57.4 Å². The summed E-state index contributed by atoms with van der Waals surface area (Å²) in [6, 6.07) is 2.20. The highest BCUT2D eigenvalue weighted by atomic mass is 16.5. The summed E-state index contributed by atoms with van der Waals surface area (Å²) in [5.74, 6) is 2.33. The molecule has 1 fully saturated rings. The molecule has 0 aliphatic heterocycles. The number of ether oxygens (including phenoxy) is 1. The average Bonchev–Trinajstić information content (AvgIpc) is 2.94. The van der Waals surface area contributed by atoms with E-state index in [-0.39, 0.29) is 0 Å². The van der Waals surface area contributed by atoms with Crippen molar-refractivity contribution < 1.29 is 4.74 Å². The van der Waals surface area contributed by atoms with Gasteiger partial charge in [-0.25, -0.2) is 0 Å². The van der Waals surface area contributed by atoms with E-state index in [0.29, 0.717) is 5.92 Å². The zero-order valence-electron chi connectivity index (χ0n) is 12.9. The smallest absolute Gasteiger partial charge is 0.137 e. The van der Waals surface area contributed by atoms with Crippen molar-refractivity contribution in [3.05, 3.63) is 24.0 Å². The van der Waals surface area contributed by atoms with Crippen molar-refractivity contribution in [2.75, 3.05) is 19.7 Å². The van der Waals surface area contributed by atoms with Crippen molar-refractivity contribution in [2.45, 2.75) is 51.9 Å². The van der Waals surface area contributed by atoms with Crippen LogP contribution in [-0.2, 0) is 0 Å². The molecule has 1 heterocycles. The Morgan fingerprint density at radius 1 is 1.25 bits per heavy atom. The number of pyridine rings is 1. The molecule has 1 aliphatic rings. The topological polar surface area (TPSA) is 34.2 Å². The number of hydrogen-bond donors (Lipinski definition) is 1. The standard InChI is InChI=1S/C17H28N2O/c1-3-8-18-11-14-6-5-7-17(14)15-10-16(13-19-12-15)20-9-4-2/h10,12-14,17-18H,3-9,11H2,1-2H3. The lowest BCUT2D eigenvalue weighted by atomic mass is 9.90. The Balaban J connectivity index is 1.97. The van der Waals surface area contributed by atoms with Crippen molar-refractivity contribution >= 4 is 0 Å². The Morgan fingerprint density at radius 3 is 2.95 bits per heavy atom. The normalized spacial score (nSPS) is 22.1. The minimum atomic E-state index is 0.650. The molecular weight excluding hydrogens is 248 g/mol. The molecule has 0 aromatic carbocycles. The molecule has 0 saturated heterocycles. The van der Waals surface area contributed by atoms with Crippen LogP contribution in [0.5, 0.6) is 5.75 Å². The van der Waals surface area contributed by atoms with E-state index in [1.54, 1.807) is 0 Å². The third-order valence-electron chi connectivity index (χ3n) is 4.13. The molecule has 1 saturated carbocycles. The van der Waals surface area contributed by atoms with Crippen LogP contribution < -0.4 is 10.1 Å². The van der Waals surface area contributed by atoms with Crippen LogP contribution in [0.3, 0.4) is 0 Å². The number of rotatable bonds is 8. The van der Waals surface area contributed by atoms with Crippen LogP contribution >= 0.6 is 0 Å². The lowest BCUT2D eigenvalue weighted by Gasteiger charge is -2.20. The molecule has 0 amide bonds. The van der Waals surface area contributed by atoms with Crippen molar-refractivity contribution in [3.8, 4) is 5.75 Å². The fourth-order valence-electron chi connectivity index (χ4n) is 3.12. The summed E-state index contributed by atoms with van der Waals surface area (Å²) in [4.78, 5) is 4.37. The highest BCUT2D eigenvalue weighted by Crippen LogP contribution is 2.39. The summed E-state index contributed by atoms with van der Waals surface area (Å²) in [6.07, 6.45) is 10.1. The first-order valence-electron chi connectivity index (χ1n) is 8.13. The first kappa shape index (κ1) is 15.3. The van der Waals surface area contributed by atoms with Crippen LogP contribution in [0.25, 0.3) is 0 Å². The molecule has 0 radical (unpaired) electrons. The summed E-state index contributed by atoms with van der Waals surface area (Å²) in [7, 11) is 0. The Labute approximate surface area is 123 Å². The molecule has 1 aromatic rings. The first-order valence-corrected chi connectivity index (χ1v) is 8.13. The van der Waals surface area contributed by atoms with Crippen LogP contribution in [0, 0.1) is 5.92 Å². The van der Waals surface area contributed by atoms with Gasteiger partial charge in [-0.15, -0.1) is 0 Å². The maximum absolute atomic E-state index is 5.71. The maximum Gasteiger partial charge on any atom is 0.137 e. The van der Waals surface area contributed by atoms with Crippen LogP contribution in [0.4, 0.5) is 0 Å². The number of nitrogens with one attached hydrogen (secondary N) is 1. The lowest BCUT2D eigenvalue weighted by Crippen LogP contribution is -2.25. The van der Waals surface area contributed by atoms with Gasteiger partial charge in [0.15, 0.2) is 0 Å². The number of aromatic nitrogens is 1. The Morgan fingerprint density at radius 2 is 2.15 bits per heavy atom. The Kier molecular flexibility index (Phi) is 6.31. The van der Waals surface area contributed by atoms with Crippen molar-refractivity contribution in [1.82, 2.24) is 10.3 Å². The van der Waals surface area contributed by atoms with Gasteiger partial charge in [-0.1, -0.05) is 20.3 Å². The zero-order chi connectivity index (χ0) is 14.2. The molecule has 1 N–H and O–H groups in total. The van der Waals surface area contributed by atoms with Crippen molar-refractivity contribution in [3.63, 3.8) is 0 Å². The average molecular weight is 276 g/mol. The van der Waals surface area contributed by atoms with E-state index in [1.165, 1.54) is 31.2 Å². The first-order chi connectivity index (χ1) is 9.85. The Bertz CT molecular complexity index is 394. The summed E-state index contributed by atoms with van der Waals surface area (Å²) in [5.41, 5.74) is 1.36. The van der Waals surface area contributed by atoms with Gasteiger partial charge in [0.1, 0.15) is 5.75 Å². The van der Waals surface area contributed by atoms with E-state index in [1.807, 2.05) is 12.4 Å². The molecule has 1 aromatic heterocycles. The predicted molar refractivity (Wildman–Crippen MR) is 83.3 cm³/mol. The van der Waals surface area contributed by atoms with Crippen LogP contribution in [0.2, 0.25) is 0 Å². The molecule has 112 valence electrons. The summed E-state index contributed by atoms with van der Waals surface area (Å²) in [5, 5.41) is 3.57. The number of hydrogen-bond acceptors (Lipinski definition) is 3. The second kappa shape index (κ2) is 8.25. The molecule has 0 spiro atoms. The van der Waals surface area contributed by atoms with Crippen LogP contribution in [-0.4, -0.2) is 24.7 Å². The minimum absolute atomic E-state index is 0.650. The molecule has 1 aliphatic carbocycles. The van der Waals surface area contributed by atoms with Crippen molar-refractivity contribution in [1.29, 1.82) is 0 Å². The van der Waals surface area contributed by atoms with E-state index in [9.17, 15) is 0 Å². The van der Waals surface area contributed by atoms with Gasteiger partial charge < -0.3 is 10.1 Å². The summed E-state index contributed by atoms with van der Waals surface area (Å²) < 4.78 is 5.71. The third kappa shape index (κ3) is 4.20. The third-order valence-corrected chi connectivity index (χ3v) is 4.13. The fourth-order valence-corrected chi connectivity index (χ4v) is 3.12. The largest absolute Gasteiger partial charge is 0.492 e. The van der Waals surface area contributed by atoms with Crippen molar-refractivity contribution in [2.24, 2.45) is 5.92 Å². The Hall–Kier alpha value is -1.09. The van der Waals surface area contributed by atoms with E-state index < -0.39 is 0 Å². The molecule has 2 unspecified atom stereocenters. The second-order valence-corrected chi connectivity index (χ2v) is 5.80. The highest BCUT2D eigenvalue weighted by molar-refractivity contribution is 5.27. The molecule has 0 bridgehead atoms. The summed E-state index contributed by atoms with van der Waals surface area (Å²) >= 11 is 0. The van der Waals surface area contributed by atoms with Crippen LogP contribution in [0.15, 0.2) is 18.5 Å². The van der Waals surface area contributed by atoms with Gasteiger partial charge in [0.25, 0.3) is 0 Å².